The van der Waals surface area contributed by atoms with Gasteiger partial charge in [0, 0.05) is 6.54 Å². The van der Waals surface area contributed by atoms with Crippen LogP contribution in [-0.2, 0) is 24.3 Å². The van der Waals surface area contributed by atoms with Crippen LogP contribution in [0.3, 0.4) is 0 Å². The van der Waals surface area contributed by atoms with E-state index in [0.29, 0.717) is 11.3 Å². The van der Waals surface area contributed by atoms with Gasteiger partial charge in [-0.2, -0.15) is 0 Å². The molecule has 0 aliphatic rings. The van der Waals surface area contributed by atoms with E-state index < -0.39 is 5.97 Å². The number of hydrogen-bond acceptors (Lipinski definition) is 4. The fourth-order valence-corrected chi connectivity index (χ4v) is 1.94. The van der Waals surface area contributed by atoms with Crippen molar-refractivity contribution in [1.82, 2.24) is 5.32 Å². The van der Waals surface area contributed by atoms with Gasteiger partial charge >= 0.3 is 5.97 Å². The molecule has 0 fully saturated rings. The molecular formula is C15H16N2O4. The first kappa shape index (κ1) is 14.8. The minimum atomic E-state index is -0.910. The van der Waals surface area contributed by atoms with E-state index in [1.807, 2.05) is 0 Å². The number of aliphatic carboxylic acids is 1. The van der Waals surface area contributed by atoms with Crippen molar-refractivity contribution in [2.75, 3.05) is 0 Å². The molecule has 1 aromatic carbocycles. The van der Waals surface area contributed by atoms with Crippen LogP contribution in [-0.4, -0.2) is 17.0 Å². The zero-order chi connectivity index (χ0) is 15.2. The van der Waals surface area contributed by atoms with Crippen LogP contribution in [0.2, 0.25) is 0 Å². The van der Waals surface area contributed by atoms with Gasteiger partial charge in [-0.1, -0.05) is 24.3 Å². The number of rotatable bonds is 6. The highest BCUT2D eigenvalue weighted by Gasteiger charge is 2.12. The van der Waals surface area contributed by atoms with Gasteiger partial charge in [0.05, 0.1) is 13.0 Å². The first-order valence-electron chi connectivity index (χ1n) is 6.45. The molecule has 2 rings (SSSR count). The van der Waals surface area contributed by atoms with Gasteiger partial charge in [0.2, 0.25) is 0 Å². The molecule has 0 atom stereocenters. The van der Waals surface area contributed by atoms with Crippen molar-refractivity contribution < 1.29 is 19.1 Å². The Balaban J connectivity index is 2.02. The fourth-order valence-electron chi connectivity index (χ4n) is 1.94. The van der Waals surface area contributed by atoms with E-state index in [4.69, 9.17) is 15.3 Å². The van der Waals surface area contributed by atoms with Gasteiger partial charge in [0.15, 0.2) is 5.76 Å². The van der Waals surface area contributed by atoms with Gasteiger partial charge in [0.25, 0.3) is 5.91 Å². The van der Waals surface area contributed by atoms with Crippen molar-refractivity contribution in [2.45, 2.75) is 19.5 Å². The number of carboxylic acid groups (broad SMARTS) is 1. The Hall–Kier alpha value is -2.60. The lowest BCUT2D eigenvalue weighted by molar-refractivity contribution is -0.136. The third kappa shape index (κ3) is 3.93. The summed E-state index contributed by atoms with van der Waals surface area (Å²) in [6, 6.07) is 10.3. The van der Waals surface area contributed by atoms with Crippen molar-refractivity contribution >= 4 is 11.9 Å². The molecule has 0 aliphatic heterocycles. The monoisotopic (exact) mass is 288 g/mol. The van der Waals surface area contributed by atoms with Crippen LogP contribution < -0.4 is 11.1 Å². The summed E-state index contributed by atoms with van der Waals surface area (Å²) in [5, 5.41) is 11.6. The first-order chi connectivity index (χ1) is 10.1. The quantitative estimate of drug-likeness (QED) is 0.743. The van der Waals surface area contributed by atoms with E-state index in [9.17, 15) is 9.59 Å². The predicted molar refractivity (Wildman–Crippen MR) is 75.6 cm³/mol. The van der Waals surface area contributed by atoms with E-state index in [-0.39, 0.29) is 31.2 Å². The molecule has 6 heteroatoms. The lowest BCUT2D eigenvalue weighted by atomic mass is 10.0. The maximum atomic E-state index is 11.9. The highest BCUT2D eigenvalue weighted by atomic mass is 16.4. The number of furan rings is 1. The molecule has 0 spiro atoms. The summed E-state index contributed by atoms with van der Waals surface area (Å²) < 4.78 is 5.25. The summed E-state index contributed by atoms with van der Waals surface area (Å²) >= 11 is 0. The maximum Gasteiger partial charge on any atom is 0.307 e. The Kier molecular flexibility index (Phi) is 4.73. The van der Waals surface area contributed by atoms with Crippen molar-refractivity contribution in [1.29, 1.82) is 0 Å². The van der Waals surface area contributed by atoms with E-state index in [0.717, 1.165) is 5.56 Å². The van der Waals surface area contributed by atoms with Crippen molar-refractivity contribution in [3.63, 3.8) is 0 Å². The topological polar surface area (TPSA) is 106 Å². The molecule has 21 heavy (non-hydrogen) atoms. The second-order valence-electron chi connectivity index (χ2n) is 4.49. The van der Waals surface area contributed by atoms with Crippen LogP contribution in [0.25, 0.3) is 0 Å². The lowest BCUT2D eigenvalue weighted by Gasteiger charge is -2.08. The molecule has 2 aromatic rings. The zero-order valence-corrected chi connectivity index (χ0v) is 11.3. The van der Waals surface area contributed by atoms with Crippen LogP contribution in [0, 0.1) is 0 Å². The molecule has 0 unspecified atom stereocenters. The summed E-state index contributed by atoms with van der Waals surface area (Å²) in [7, 11) is 0. The van der Waals surface area contributed by atoms with Gasteiger partial charge in [0.1, 0.15) is 5.76 Å². The van der Waals surface area contributed by atoms with Gasteiger partial charge in [-0.3, -0.25) is 9.59 Å². The second kappa shape index (κ2) is 6.71. The number of carboxylic acids is 1. The number of nitrogens with one attached hydrogen (secondary N) is 1. The third-order valence-corrected chi connectivity index (χ3v) is 2.99. The Bertz CT molecular complexity index is 649. The number of carbonyl (C=O) groups excluding carboxylic acids is 1. The van der Waals surface area contributed by atoms with Crippen LogP contribution in [0.1, 0.15) is 27.4 Å². The summed E-state index contributed by atoms with van der Waals surface area (Å²) in [5.41, 5.74) is 6.85. The van der Waals surface area contributed by atoms with Crippen LogP contribution in [0.5, 0.6) is 0 Å². The molecule has 6 nitrogen and oxygen atoms in total. The molecule has 110 valence electrons. The van der Waals surface area contributed by atoms with E-state index in [1.165, 1.54) is 0 Å². The highest BCUT2D eigenvalue weighted by molar-refractivity contribution is 5.91. The Morgan fingerprint density at radius 1 is 1.14 bits per heavy atom. The number of carbonyl (C=O) groups is 2. The summed E-state index contributed by atoms with van der Waals surface area (Å²) in [6.45, 7) is 0.468. The summed E-state index contributed by atoms with van der Waals surface area (Å²) in [6.07, 6.45) is -0.0792. The number of benzene rings is 1. The van der Waals surface area contributed by atoms with Gasteiger partial charge in [-0.05, 0) is 23.3 Å². The van der Waals surface area contributed by atoms with E-state index in [2.05, 4.69) is 5.32 Å². The molecule has 4 N–H and O–H groups in total. The smallest absolute Gasteiger partial charge is 0.307 e. The standard InChI is InChI=1S/C15H16N2O4/c16-8-12-5-6-13(21-12)15(20)17-9-11-4-2-1-3-10(11)7-14(18)19/h1-6H,7-9,16H2,(H,17,20)(H,18,19). The minimum Gasteiger partial charge on any atom is -0.481 e. The second-order valence-corrected chi connectivity index (χ2v) is 4.49. The summed E-state index contributed by atoms with van der Waals surface area (Å²) in [5.74, 6) is -0.551. The zero-order valence-electron chi connectivity index (χ0n) is 11.3. The van der Waals surface area contributed by atoms with Gasteiger partial charge < -0.3 is 20.6 Å². The molecule has 0 bridgehead atoms. The van der Waals surface area contributed by atoms with Crippen LogP contribution >= 0.6 is 0 Å². The molecule has 1 heterocycles. The highest BCUT2D eigenvalue weighted by Crippen LogP contribution is 2.11. The average molecular weight is 288 g/mol. The maximum absolute atomic E-state index is 11.9. The van der Waals surface area contributed by atoms with Crippen molar-refractivity contribution in [3.05, 3.63) is 59.0 Å². The van der Waals surface area contributed by atoms with Gasteiger partial charge in [-0.15, -0.1) is 0 Å². The molecular weight excluding hydrogens is 272 g/mol. The Morgan fingerprint density at radius 3 is 2.48 bits per heavy atom. The third-order valence-electron chi connectivity index (χ3n) is 2.99. The van der Waals surface area contributed by atoms with E-state index >= 15 is 0 Å². The Morgan fingerprint density at radius 2 is 1.86 bits per heavy atom. The molecule has 1 amide bonds. The minimum absolute atomic E-state index is 0.0792. The number of amides is 1. The Labute approximate surface area is 121 Å². The molecule has 0 saturated heterocycles. The van der Waals surface area contributed by atoms with Crippen LogP contribution in [0.15, 0.2) is 40.8 Å². The number of hydrogen-bond donors (Lipinski definition) is 3. The molecule has 1 aromatic heterocycles. The van der Waals surface area contributed by atoms with Crippen molar-refractivity contribution in [3.8, 4) is 0 Å². The number of nitrogens with two attached hydrogens (primary N) is 1. The summed E-state index contributed by atoms with van der Waals surface area (Å²) in [4.78, 5) is 22.7. The first-order valence-corrected chi connectivity index (χ1v) is 6.45. The lowest BCUT2D eigenvalue weighted by Crippen LogP contribution is -2.23. The predicted octanol–water partition coefficient (Wildman–Crippen LogP) is 1.30. The largest absolute Gasteiger partial charge is 0.481 e. The van der Waals surface area contributed by atoms with Gasteiger partial charge in [-0.25, -0.2) is 0 Å². The van der Waals surface area contributed by atoms with Crippen molar-refractivity contribution in [2.24, 2.45) is 5.73 Å². The van der Waals surface area contributed by atoms with Crippen LogP contribution in [0.4, 0.5) is 0 Å². The van der Waals surface area contributed by atoms with E-state index in [1.54, 1.807) is 36.4 Å². The molecule has 0 saturated carbocycles. The average Bonchev–Trinajstić information content (AvgIpc) is 2.94. The SMILES string of the molecule is NCc1ccc(C(=O)NCc2ccccc2CC(=O)O)o1. The normalized spacial score (nSPS) is 10.3. The molecule has 0 radical (unpaired) electrons. The molecule has 0 aliphatic carbocycles. The fraction of sp³-hybridized carbons (Fsp3) is 0.200.